The summed E-state index contributed by atoms with van der Waals surface area (Å²) in [5, 5.41) is 2.04. The van der Waals surface area contributed by atoms with Crippen molar-refractivity contribution >= 4 is 28.9 Å². The summed E-state index contributed by atoms with van der Waals surface area (Å²) in [4.78, 5) is 8.93. The van der Waals surface area contributed by atoms with Crippen molar-refractivity contribution < 1.29 is 0 Å². The zero-order valence-electron chi connectivity index (χ0n) is 9.58. The van der Waals surface area contributed by atoms with E-state index in [0.29, 0.717) is 5.69 Å². The van der Waals surface area contributed by atoms with Crippen LogP contribution in [-0.2, 0) is 0 Å². The number of nitrogens with two attached hydrogens (primary N) is 3. The number of rotatable bonds is 2. The first-order valence-corrected chi connectivity index (χ1v) is 6.11. The summed E-state index contributed by atoms with van der Waals surface area (Å²) in [6.07, 6.45) is 0. The summed E-state index contributed by atoms with van der Waals surface area (Å²) in [5.74, 6) is -0.0645. The standard InChI is InChI=1S/C12H13N5S/c13-11(14)17-12(15)16-9-5-3-8(4-6-9)10-2-1-7-18-10/h1-7H,(H6,13,14,15,16,17). The molecule has 0 unspecified atom stereocenters. The molecule has 0 bridgehead atoms. The van der Waals surface area contributed by atoms with Gasteiger partial charge in [-0.2, -0.15) is 4.99 Å². The van der Waals surface area contributed by atoms with Crippen LogP contribution in [-0.4, -0.2) is 11.9 Å². The lowest BCUT2D eigenvalue weighted by atomic mass is 10.2. The fraction of sp³-hybridized carbons (Fsp3) is 0. The molecule has 92 valence electrons. The second kappa shape index (κ2) is 5.33. The van der Waals surface area contributed by atoms with Gasteiger partial charge in [0.25, 0.3) is 0 Å². The predicted molar refractivity (Wildman–Crippen MR) is 76.8 cm³/mol. The van der Waals surface area contributed by atoms with E-state index in [1.165, 1.54) is 4.88 Å². The number of nitrogens with zero attached hydrogens (tertiary/aromatic N) is 2. The second-order valence-electron chi connectivity index (χ2n) is 3.53. The molecular weight excluding hydrogens is 246 g/mol. The van der Waals surface area contributed by atoms with Gasteiger partial charge in [-0.05, 0) is 29.1 Å². The highest BCUT2D eigenvalue weighted by Crippen LogP contribution is 2.26. The van der Waals surface area contributed by atoms with Crippen molar-refractivity contribution in [1.29, 1.82) is 0 Å². The number of thiophene rings is 1. The summed E-state index contributed by atoms with van der Waals surface area (Å²) >= 11 is 1.69. The van der Waals surface area contributed by atoms with Gasteiger partial charge in [-0.25, -0.2) is 4.99 Å². The van der Waals surface area contributed by atoms with Crippen molar-refractivity contribution in [2.45, 2.75) is 0 Å². The molecule has 1 heterocycles. The molecule has 1 aromatic heterocycles. The molecule has 2 aromatic rings. The Bertz CT molecular complexity index is 565. The van der Waals surface area contributed by atoms with Crippen molar-refractivity contribution in [2.24, 2.45) is 27.2 Å². The zero-order chi connectivity index (χ0) is 13.0. The average molecular weight is 259 g/mol. The molecule has 0 aliphatic heterocycles. The Labute approximate surface area is 109 Å². The first kappa shape index (κ1) is 12.1. The van der Waals surface area contributed by atoms with Crippen LogP contribution in [0.3, 0.4) is 0 Å². The zero-order valence-corrected chi connectivity index (χ0v) is 10.4. The highest BCUT2D eigenvalue weighted by Gasteiger charge is 1.98. The highest BCUT2D eigenvalue weighted by molar-refractivity contribution is 7.13. The maximum absolute atomic E-state index is 5.54. The highest BCUT2D eigenvalue weighted by atomic mass is 32.1. The summed E-state index contributed by atoms with van der Waals surface area (Å²) in [6.45, 7) is 0. The molecule has 0 aliphatic rings. The van der Waals surface area contributed by atoms with Gasteiger partial charge in [-0.3, -0.25) is 0 Å². The first-order valence-electron chi connectivity index (χ1n) is 5.23. The predicted octanol–water partition coefficient (Wildman–Crippen LogP) is 1.63. The van der Waals surface area contributed by atoms with E-state index in [4.69, 9.17) is 17.2 Å². The van der Waals surface area contributed by atoms with Gasteiger partial charge < -0.3 is 17.2 Å². The van der Waals surface area contributed by atoms with Gasteiger partial charge in [0, 0.05) is 4.88 Å². The Morgan fingerprint density at radius 2 is 1.72 bits per heavy atom. The Morgan fingerprint density at radius 1 is 1.00 bits per heavy atom. The minimum Gasteiger partial charge on any atom is -0.370 e. The van der Waals surface area contributed by atoms with Crippen molar-refractivity contribution in [3.63, 3.8) is 0 Å². The molecule has 0 aliphatic carbocycles. The quantitative estimate of drug-likeness (QED) is 0.564. The minimum atomic E-state index is -0.105. The van der Waals surface area contributed by atoms with Gasteiger partial charge >= 0.3 is 0 Å². The monoisotopic (exact) mass is 259 g/mol. The molecule has 0 atom stereocenters. The topological polar surface area (TPSA) is 103 Å². The van der Waals surface area contributed by atoms with Gasteiger partial charge in [0.05, 0.1) is 5.69 Å². The largest absolute Gasteiger partial charge is 0.370 e. The number of hydrogen-bond donors (Lipinski definition) is 3. The Balaban J connectivity index is 2.21. The van der Waals surface area contributed by atoms with Crippen molar-refractivity contribution in [1.82, 2.24) is 0 Å². The second-order valence-corrected chi connectivity index (χ2v) is 4.48. The number of hydrogen-bond acceptors (Lipinski definition) is 2. The Morgan fingerprint density at radius 3 is 2.28 bits per heavy atom. The lowest BCUT2D eigenvalue weighted by Crippen LogP contribution is -2.26. The molecular formula is C12H13N5S. The van der Waals surface area contributed by atoms with Crippen LogP contribution in [0.4, 0.5) is 5.69 Å². The average Bonchev–Trinajstić information content (AvgIpc) is 2.82. The summed E-state index contributed by atoms with van der Waals surface area (Å²) in [5.41, 5.74) is 17.8. The van der Waals surface area contributed by atoms with E-state index in [9.17, 15) is 0 Å². The third kappa shape index (κ3) is 3.08. The molecule has 0 fully saturated rings. The maximum Gasteiger partial charge on any atom is 0.223 e. The molecule has 0 saturated heterocycles. The van der Waals surface area contributed by atoms with Crippen LogP contribution in [0.15, 0.2) is 51.8 Å². The van der Waals surface area contributed by atoms with E-state index in [1.807, 2.05) is 35.7 Å². The van der Waals surface area contributed by atoms with E-state index in [0.717, 1.165) is 5.56 Å². The normalized spacial score (nSPS) is 11.2. The van der Waals surface area contributed by atoms with Crippen LogP contribution in [0.1, 0.15) is 0 Å². The molecule has 0 saturated carbocycles. The number of guanidine groups is 2. The molecule has 18 heavy (non-hydrogen) atoms. The lowest BCUT2D eigenvalue weighted by molar-refractivity contribution is 1.38. The number of benzene rings is 1. The molecule has 0 spiro atoms. The van der Waals surface area contributed by atoms with E-state index in [-0.39, 0.29) is 11.9 Å². The third-order valence-electron chi connectivity index (χ3n) is 2.16. The lowest BCUT2D eigenvalue weighted by Gasteiger charge is -1.99. The molecule has 0 amide bonds. The first-order chi connectivity index (χ1) is 8.65. The Kier molecular flexibility index (Phi) is 3.59. The van der Waals surface area contributed by atoms with E-state index >= 15 is 0 Å². The van der Waals surface area contributed by atoms with E-state index < -0.39 is 0 Å². The SMILES string of the molecule is NC(N)=NC(N)=Nc1ccc(-c2cccs2)cc1. The van der Waals surface area contributed by atoms with Gasteiger partial charge in [0.2, 0.25) is 5.96 Å². The van der Waals surface area contributed by atoms with Crippen LogP contribution in [0.5, 0.6) is 0 Å². The van der Waals surface area contributed by atoms with Gasteiger partial charge in [-0.15, -0.1) is 11.3 Å². The third-order valence-corrected chi connectivity index (χ3v) is 3.08. The molecule has 5 nitrogen and oxygen atoms in total. The molecule has 6 heteroatoms. The van der Waals surface area contributed by atoms with Crippen LogP contribution in [0.2, 0.25) is 0 Å². The molecule has 1 aromatic carbocycles. The van der Waals surface area contributed by atoms with Crippen molar-refractivity contribution in [2.75, 3.05) is 0 Å². The van der Waals surface area contributed by atoms with Gasteiger partial charge in [0.15, 0.2) is 5.96 Å². The van der Waals surface area contributed by atoms with Crippen LogP contribution in [0.25, 0.3) is 10.4 Å². The van der Waals surface area contributed by atoms with Crippen molar-refractivity contribution in [3.05, 3.63) is 41.8 Å². The smallest absolute Gasteiger partial charge is 0.223 e. The van der Waals surface area contributed by atoms with E-state index in [2.05, 4.69) is 16.1 Å². The van der Waals surface area contributed by atoms with Crippen LogP contribution < -0.4 is 17.2 Å². The molecule has 0 radical (unpaired) electrons. The van der Waals surface area contributed by atoms with Gasteiger partial charge in [0.1, 0.15) is 0 Å². The fourth-order valence-electron chi connectivity index (χ4n) is 1.43. The van der Waals surface area contributed by atoms with Gasteiger partial charge in [-0.1, -0.05) is 18.2 Å². The Hall–Kier alpha value is -2.34. The molecule has 2 rings (SSSR count). The summed E-state index contributed by atoms with van der Waals surface area (Å²) < 4.78 is 0. The summed E-state index contributed by atoms with van der Waals surface area (Å²) in [7, 11) is 0. The van der Waals surface area contributed by atoms with E-state index in [1.54, 1.807) is 11.3 Å². The number of aliphatic imine (C=N–C) groups is 2. The summed E-state index contributed by atoms with van der Waals surface area (Å²) in [6, 6.07) is 11.8. The van der Waals surface area contributed by atoms with Crippen LogP contribution >= 0.6 is 11.3 Å². The van der Waals surface area contributed by atoms with Crippen molar-refractivity contribution in [3.8, 4) is 10.4 Å². The maximum atomic E-state index is 5.54. The molecule has 6 N–H and O–H groups in total. The fourth-order valence-corrected chi connectivity index (χ4v) is 2.17. The minimum absolute atomic E-state index is 0.0406. The van der Waals surface area contributed by atoms with Crippen LogP contribution in [0, 0.1) is 0 Å².